The molecule has 2 rings (SSSR count). The third-order valence-corrected chi connectivity index (χ3v) is 6.56. The molecule has 0 spiro atoms. The fraction of sp³-hybridized carbons (Fsp3) is 0.760. The van der Waals surface area contributed by atoms with Crippen LogP contribution in [-0.4, -0.2) is 32.6 Å². The van der Waals surface area contributed by atoms with E-state index in [0.717, 1.165) is 44.1 Å². The molecule has 1 aliphatic carbocycles. The number of rotatable bonds is 11. The predicted molar refractivity (Wildman–Crippen MR) is 121 cm³/mol. The van der Waals surface area contributed by atoms with E-state index >= 15 is 0 Å². The molecule has 1 saturated carbocycles. The van der Waals surface area contributed by atoms with E-state index in [0.29, 0.717) is 12.2 Å². The second-order valence-corrected chi connectivity index (χ2v) is 9.89. The molecule has 0 amide bonds. The van der Waals surface area contributed by atoms with Crippen LogP contribution >= 0.6 is 0 Å². The van der Waals surface area contributed by atoms with Crippen LogP contribution in [0.15, 0.2) is 24.3 Å². The van der Waals surface area contributed by atoms with Crippen molar-refractivity contribution in [1.29, 1.82) is 0 Å². The van der Waals surface area contributed by atoms with Gasteiger partial charge >= 0.3 is 12.4 Å². The molecule has 1 fully saturated rings. The van der Waals surface area contributed by atoms with Crippen LogP contribution in [0.3, 0.4) is 0 Å². The number of ether oxygens (including phenoxy) is 2. The summed E-state index contributed by atoms with van der Waals surface area (Å²) < 4.78 is 89.3. The van der Waals surface area contributed by atoms with Gasteiger partial charge in [-0.15, -0.1) is 0 Å². The quantitative estimate of drug-likeness (QED) is 0.176. The summed E-state index contributed by atoms with van der Waals surface area (Å²) in [4.78, 5) is 0. The summed E-state index contributed by atoms with van der Waals surface area (Å²) >= 11 is 0. The molecule has 2 radical (unpaired) electrons. The van der Waals surface area contributed by atoms with Gasteiger partial charge < -0.3 is 9.47 Å². The summed E-state index contributed by atoms with van der Waals surface area (Å²) in [5.41, 5.74) is 0.944. The van der Waals surface area contributed by atoms with Crippen LogP contribution in [0.2, 0.25) is 6.32 Å². The Hall–Kier alpha value is -1.38. The van der Waals surface area contributed by atoms with Crippen LogP contribution in [0.25, 0.3) is 0 Å². The van der Waals surface area contributed by atoms with E-state index in [2.05, 4.69) is 18.6 Å². The molecule has 3 atom stereocenters. The number of alkyl halides is 6. The summed E-state index contributed by atoms with van der Waals surface area (Å²) in [6.07, 6.45) is -10.6. The Morgan fingerprint density at radius 3 is 1.91 bits per heavy atom. The summed E-state index contributed by atoms with van der Waals surface area (Å²) in [7, 11) is 5.87. The Balaban J connectivity index is 2.20. The van der Waals surface area contributed by atoms with Gasteiger partial charge in [0.15, 0.2) is 0 Å². The Labute approximate surface area is 200 Å². The lowest BCUT2D eigenvalue weighted by Crippen LogP contribution is -2.47. The Bertz CT molecular complexity index is 700. The van der Waals surface area contributed by atoms with E-state index in [1.54, 1.807) is 24.3 Å². The van der Waals surface area contributed by atoms with E-state index in [1.165, 1.54) is 0 Å². The Morgan fingerprint density at radius 2 is 1.44 bits per heavy atom. The maximum Gasteiger partial charge on any atom is 0.423 e. The lowest BCUT2D eigenvalue weighted by molar-refractivity contribution is -0.346. The van der Waals surface area contributed by atoms with E-state index in [-0.39, 0.29) is 29.9 Å². The van der Waals surface area contributed by atoms with E-state index < -0.39 is 24.7 Å². The molecular formula is C25H35BF6O2. The maximum absolute atomic E-state index is 13.2. The fourth-order valence-electron chi connectivity index (χ4n) is 4.73. The molecule has 0 N–H and O–H groups in total. The first kappa shape index (κ1) is 28.9. The lowest BCUT2D eigenvalue weighted by Gasteiger charge is -2.33. The van der Waals surface area contributed by atoms with E-state index in [9.17, 15) is 26.3 Å². The van der Waals surface area contributed by atoms with Crippen molar-refractivity contribution in [2.24, 2.45) is 17.8 Å². The molecule has 192 valence electrons. The zero-order valence-electron chi connectivity index (χ0n) is 20.1. The van der Waals surface area contributed by atoms with Crippen molar-refractivity contribution in [3.63, 3.8) is 0 Å². The van der Waals surface area contributed by atoms with Gasteiger partial charge in [0.25, 0.3) is 6.10 Å². The number of halogens is 6. The van der Waals surface area contributed by atoms with Gasteiger partial charge in [0.2, 0.25) is 6.29 Å². The fourth-order valence-corrected chi connectivity index (χ4v) is 4.73. The highest BCUT2D eigenvalue weighted by atomic mass is 19.4. The average molecular weight is 492 g/mol. The van der Waals surface area contributed by atoms with E-state index in [4.69, 9.17) is 12.6 Å². The molecule has 34 heavy (non-hydrogen) atoms. The Kier molecular flexibility index (Phi) is 10.6. The number of hydrogen-bond acceptors (Lipinski definition) is 2. The average Bonchev–Trinajstić information content (AvgIpc) is 2.75. The van der Waals surface area contributed by atoms with Gasteiger partial charge in [-0.2, -0.15) is 26.3 Å². The highest BCUT2D eigenvalue weighted by Gasteiger charge is 2.59. The van der Waals surface area contributed by atoms with Crippen LogP contribution in [0.5, 0.6) is 5.75 Å². The molecule has 3 unspecified atom stereocenters. The molecule has 0 bridgehead atoms. The second-order valence-electron chi connectivity index (χ2n) is 9.89. The monoisotopic (exact) mass is 492 g/mol. The highest BCUT2D eigenvalue weighted by Crippen LogP contribution is 2.39. The zero-order chi connectivity index (χ0) is 25.5. The first-order valence-corrected chi connectivity index (χ1v) is 12.1. The standard InChI is InChI=1S/C25H35BF6O2/c1-16(2)13-20(15-26)19-9-11-21(12-10-19)33-22(14-17(3)18-7-5-4-6-8-18)34-23(24(27,28)29)25(30,31)32/h9-12,16-18,20,22-23H,4-8,13-15H2,1-3H3. The molecular weight excluding hydrogens is 457 g/mol. The van der Waals surface area contributed by atoms with Crippen LogP contribution in [0, 0.1) is 17.8 Å². The molecule has 9 heteroatoms. The smallest absolute Gasteiger partial charge is 0.423 e. The van der Waals surface area contributed by atoms with Gasteiger partial charge in [0.1, 0.15) is 5.75 Å². The number of benzene rings is 1. The summed E-state index contributed by atoms with van der Waals surface area (Å²) in [6, 6.07) is 6.61. The van der Waals surface area contributed by atoms with Crippen molar-refractivity contribution in [3.8, 4) is 5.75 Å². The third-order valence-electron chi connectivity index (χ3n) is 6.56. The minimum absolute atomic E-state index is 0.0617. The van der Waals surface area contributed by atoms with Crippen LogP contribution in [-0.2, 0) is 4.74 Å². The van der Waals surface area contributed by atoms with Crippen molar-refractivity contribution < 1.29 is 35.8 Å². The van der Waals surface area contributed by atoms with Crippen molar-refractivity contribution in [2.75, 3.05) is 0 Å². The SMILES string of the molecule is [B]CC(CC(C)C)c1ccc(OC(CC(C)C2CCCCC2)OC(C(F)(F)F)C(F)(F)F)cc1. The molecule has 0 heterocycles. The molecule has 0 saturated heterocycles. The maximum atomic E-state index is 13.2. The topological polar surface area (TPSA) is 18.5 Å². The largest absolute Gasteiger partial charge is 0.465 e. The first-order valence-electron chi connectivity index (χ1n) is 12.1. The molecule has 0 aliphatic heterocycles. The third kappa shape index (κ3) is 9.01. The van der Waals surface area contributed by atoms with Crippen molar-refractivity contribution in [2.45, 2.75) is 103 Å². The van der Waals surface area contributed by atoms with Crippen LogP contribution in [0.1, 0.15) is 77.2 Å². The van der Waals surface area contributed by atoms with Crippen molar-refractivity contribution >= 4 is 7.85 Å². The molecule has 1 aliphatic rings. The minimum Gasteiger partial charge on any atom is -0.465 e. The molecule has 1 aromatic rings. The summed E-state index contributed by atoms with van der Waals surface area (Å²) in [5.74, 6) is 0.771. The Morgan fingerprint density at radius 1 is 0.882 bits per heavy atom. The zero-order valence-corrected chi connectivity index (χ0v) is 20.1. The highest BCUT2D eigenvalue weighted by molar-refractivity contribution is 6.09. The number of hydrogen-bond donors (Lipinski definition) is 0. The van der Waals surface area contributed by atoms with Gasteiger partial charge in [0.05, 0.1) is 7.85 Å². The molecule has 0 aromatic heterocycles. The minimum atomic E-state index is -5.59. The van der Waals surface area contributed by atoms with E-state index in [1.807, 2.05) is 6.92 Å². The van der Waals surface area contributed by atoms with Gasteiger partial charge in [-0.05, 0) is 47.8 Å². The van der Waals surface area contributed by atoms with Gasteiger partial charge in [-0.1, -0.05) is 71.3 Å². The first-order chi connectivity index (χ1) is 15.8. The van der Waals surface area contributed by atoms with Crippen LogP contribution < -0.4 is 4.74 Å². The molecule has 1 aromatic carbocycles. The van der Waals surface area contributed by atoms with Gasteiger partial charge in [-0.3, -0.25) is 0 Å². The normalized spacial score (nSPS) is 18.8. The van der Waals surface area contributed by atoms with Crippen molar-refractivity contribution in [3.05, 3.63) is 29.8 Å². The van der Waals surface area contributed by atoms with Gasteiger partial charge in [-0.25, -0.2) is 0 Å². The van der Waals surface area contributed by atoms with Gasteiger partial charge in [0, 0.05) is 6.42 Å². The summed E-state index contributed by atoms with van der Waals surface area (Å²) in [6.45, 7) is 5.99. The summed E-state index contributed by atoms with van der Waals surface area (Å²) in [5, 5.41) is 0. The van der Waals surface area contributed by atoms with Crippen LogP contribution in [0.4, 0.5) is 26.3 Å². The molecule has 2 nitrogen and oxygen atoms in total. The lowest BCUT2D eigenvalue weighted by atomic mass is 9.79. The van der Waals surface area contributed by atoms with Crippen molar-refractivity contribution in [1.82, 2.24) is 0 Å². The second kappa shape index (κ2) is 12.5. The predicted octanol–water partition coefficient (Wildman–Crippen LogP) is 8.22.